The van der Waals surface area contributed by atoms with Gasteiger partial charge in [-0.05, 0) is 23.6 Å². The molecule has 0 radical (unpaired) electrons. The summed E-state index contributed by atoms with van der Waals surface area (Å²) in [5, 5.41) is 4.12. The number of fused-ring (bicyclic) bond motifs is 1. The van der Waals surface area contributed by atoms with Gasteiger partial charge < -0.3 is 4.57 Å². The highest BCUT2D eigenvalue weighted by Gasteiger charge is 2.05. The predicted molar refractivity (Wildman–Crippen MR) is 70.4 cm³/mol. The molecule has 0 aliphatic rings. The molecule has 0 aliphatic heterocycles. The van der Waals surface area contributed by atoms with E-state index in [1.165, 1.54) is 10.3 Å². The number of thiophene rings is 1. The van der Waals surface area contributed by atoms with Crippen LogP contribution in [0.1, 0.15) is 4.88 Å². The first-order valence-electron chi connectivity index (χ1n) is 5.10. The fraction of sp³-hybridized carbons (Fsp3) is 0.0769. The van der Waals surface area contributed by atoms with Crippen LogP contribution in [0.2, 0.25) is 5.02 Å². The Kier molecular flexibility index (Phi) is 2.46. The Morgan fingerprint density at radius 3 is 2.88 bits per heavy atom. The zero-order valence-corrected chi connectivity index (χ0v) is 10.1. The topological polar surface area (TPSA) is 4.93 Å². The third-order valence-corrected chi connectivity index (χ3v) is 3.81. The van der Waals surface area contributed by atoms with Crippen molar-refractivity contribution in [3.63, 3.8) is 0 Å². The average Bonchev–Trinajstić information content (AvgIpc) is 2.90. The molecule has 0 aliphatic carbocycles. The summed E-state index contributed by atoms with van der Waals surface area (Å²) >= 11 is 8.00. The van der Waals surface area contributed by atoms with Crippen molar-refractivity contribution in [3.8, 4) is 0 Å². The van der Waals surface area contributed by atoms with Crippen molar-refractivity contribution < 1.29 is 0 Å². The molecular weight excluding hydrogens is 238 g/mol. The van der Waals surface area contributed by atoms with Gasteiger partial charge in [-0.3, -0.25) is 0 Å². The normalized spacial score (nSPS) is 11.1. The van der Waals surface area contributed by atoms with E-state index in [1.54, 1.807) is 11.3 Å². The highest BCUT2D eigenvalue weighted by Crippen LogP contribution is 2.25. The monoisotopic (exact) mass is 247 g/mol. The van der Waals surface area contributed by atoms with E-state index < -0.39 is 0 Å². The Morgan fingerprint density at radius 2 is 2.06 bits per heavy atom. The Bertz CT molecular complexity index is 610. The number of aromatic nitrogens is 1. The van der Waals surface area contributed by atoms with Crippen LogP contribution in [-0.4, -0.2) is 4.57 Å². The second-order valence-corrected chi connectivity index (χ2v) is 5.14. The van der Waals surface area contributed by atoms with Crippen LogP contribution in [0.5, 0.6) is 0 Å². The number of nitrogens with zero attached hydrogens (tertiary/aromatic N) is 1. The van der Waals surface area contributed by atoms with E-state index in [9.17, 15) is 0 Å². The molecule has 0 N–H and O–H groups in total. The van der Waals surface area contributed by atoms with Crippen molar-refractivity contribution in [2.75, 3.05) is 0 Å². The summed E-state index contributed by atoms with van der Waals surface area (Å²) in [4.78, 5) is 1.34. The van der Waals surface area contributed by atoms with Gasteiger partial charge in [0.2, 0.25) is 0 Å². The standard InChI is InChI=1S/C13H10ClNS/c14-12-5-1-3-10-6-7-15(13(10)12)9-11-4-2-8-16-11/h1-8H,9H2. The highest BCUT2D eigenvalue weighted by molar-refractivity contribution is 7.09. The maximum atomic E-state index is 6.23. The number of halogens is 1. The number of hydrogen-bond donors (Lipinski definition) is 0. The minimum atomic E-state index is 0.819. The largest absolute Gasteiger partial charge is 0.341 e. The lowest BCUT2D eigenvalue weighted by Gasteiger charge is -2.04. The van der Waals surface area contributed by atoms with Gasteiger partial charge in [-0.2, -0.15) is 0 Å². The minimum absolute atomic E-state index is 0.819. The minimum Gasteiger partial charge on any atom is -0.341 e. The van der Waals surface area contributed by atoms with Gasteiger partial charge in [-0.15, -0.1) is 11.3 Å². The van der Waals surface area contributed by atoms with Crippen LogP contribution >= 0.6 is 22.9 Å². The van der Waals surface area contributed by atoms with E-state index in [1.807, 2.05) is 12.1 Å². The summed E-state index contributed by atoms with van der Waals surface area (Å²) in [6, 6.07) is 12.3. The van der Waals surface area contributed by atoms with Crippen LogP contribution in [0.3, 0.4) is 0 Å². The number of benzene rings is 1. The first kappa shape index (κ1) is 9.94. The predicted octanol–water partition coefficient (Wildman–Crippen LogP) is 4.40. The molecule has 0 amide bonds. The zero-order chi connectivity index (χ0) is 11.0. The molecule has 0 spiro atoms. The third-order valence-electron chi connectivity index (χ3n) is 2.65. The fourth-order valence-corrected chi connectivity index (χ4v) is 2.91. The lowest BCUT2D eigenvalue weighted by atomic mass is 10.2. The summed E-state index contributed by atoms with van der Waals surface area (Å²) in [5.74, 6) is 0. The van der Waals surface area contributed by atoms with E-state index in [0.717, 1.165) is 17.1 Å². The molecule has 80 valence electrons. The first-order valence-corrected chi connectivity index (χ1v) is 6.36. The van der Waals surface area contributed by atoms with Crippen LogP contribution in [0, 0.1) is 0 Å². The van der Waals surface area contributed by atoms with Gasteiger partial charge in [0.25, 0.3) is 0 Å². The molecule has 1 nitrogen and oxygen atoms in total. The van der Waals surface area contributed by atoms with Gasteiger partial charge in [-0.1, -0.05) is 29.8 Å². The smallest absolute Gasteiger partial charge is 0.0673 e. The van der Waals surface area contributed by atoms with Crippen LogP contribution in [-0.2, 0) is 6.54 Å². The molecule has 3 aromatic rings. The van der Waals surface area contributed by atoms with Gasteiger partial charge >= 0.3 is 0 Å². The maximum Gasteiger partial charge on any atom is 0.0673 e. The molecule has 0 bridgehead atoms. The van der Waals surface area contributed by atoms with Gasteiger partial charge in [-0.25, -0.2) is 0 Å². The molecule has 0 saturated heterocycles. The summed E-state index contributed by atoms with van der Waals surface area (Å²) < 4.78 is 2.20. The second kappa shape index (κ2) is 3.96. The SMILES string of the molecule is Clc1cccc2ccn(Cc3cccs3)c12. The Labute approximate surface area is 103 Å². The van der Waals surface area contributed by atoms with Crippen molar-refractivity contribution in [3.05, 3.63) is 57.9 Å². The van der Waals surface area contributed by atoms with Crippen molar-refractivity contribution in [1.29, 1.82) is 0 Å². The van der Waals surface area contributed by atoms with Crippen molar-refractivity contribution in [2.45, 2.75) is 6.54 Å². The lowest BCUT2D eigenvalue weighted by Crippen LogP contribution is -1.95. The molecule has 0 atom stereocenters. The molecule has 2 aromatic heterocycles. The van der Waals surface area contributed by atoms with E-state index >= 15 is 0 Å². The summed E-state index contributed by atoms with van der Waals surface area (Å²) in [5.41, 5.74) is 1.12. The van der Waals surface area contributed by atoms with Gasteiger partial charge in [0.1, 0.15) is 0 Å². The van der Waals surface area contributed by atoms with Crippen molar-refractivity contribution in [2.24, 2.45) is 0 Å². The molecule has 16 heavy (non-hydrogen) atoms. The average molecular weight is 248 g/mol. The third kappa shape index (κ3) is 1.64. The van der Waals surface area contributed by atoms with Crippen LogP contribution < -0.4 is 0 Å². The van der Waals surface area contributed by atoms with Crippen LogP contribution in [0.4, 0.5) is 0 Å². The lowest BCUT2D eigenvalue weighted by molar-refractivity contribution is 0.852. The quantitative estimate of drug-likeness (QED) is 0.632. The maximum absolute atomic E-state index is 6.23. The van der Waals surface area contributed by atoms with Crippen LogP contribution in [0.25, 0.3) is 10.9 Å². The molecule has 3 rings (SSSR count). The molecule has 3 heteroatoms. The van der Waals surface area contributed by atoms with Crippen molar-refractivity contribution in [1.82, 2.24) is 4.57 Å². The van der Waals surface area contributed by atoms with Crippen LogP contribution in [0.15, 0.2) is 48.0 Å². The fourth-order valence-electron chi connectivity index (χ4n) is 1.92. The molecule has 0 unspecified atom stereocenters. The summed E-state index contributed by atoms with van der Waals surface area (Å²) in [7, 11) is 0. The van der Waals surface area contributed by atoms with Gasteiger partial charge in [0.05, 0.1) is 17.1 Å². The van der Waals surface area contributed by atoms with E-state index in [2.05, 4.69) is 40.4 Å². The Hall–Kier alpha value is -1.25. The Morgan fingerprint density at radius 1 is 1.12 bits per heavy atom. The van der Waals surface area contributed by atoms with E-state index in [-0.39, 0.29) is 0 Å². The van der Waals surface area contributed by atoms with E-state index in [0.29, 0.717) is 0 Å². The zero-order valence-electron chi connectivity index (χ0n) is 8.56. The molecule has 2 heterocycles. The number of hydrogen-bond acceptors (Lipinski definition) is 1. The number of rotatable bonds is 2. The van der Waals surface area contributed by atoms with Crippen molar-refractivity contribution >= 4 is 33.8 Å². The molecule has 0 saturated carbocycles. The highest BCUT2D eigenvalue weighted by atomic mass is 35.5. The number of para-hydroxylation sites is 1. The molecule has 1 aromatic carbocycles. The first-order chi connectivity index (χ1) is 7.84. The van der Waals surface area contributed by atoms with Gasteiger partial charge in [0, 0.05) is 16.5 Å². The second-order valence-electron chi connectivity index (χ2n) is 3.70. The molecule has 0 fully saturated rings. The Balaban J connectivity index is 2.10. The summed E-state index contributed by atoms with van der Waals surface area (Å²) in [6.07, 6.45) is 2.09. The van der Waals surface area contributed by atoms with Gasteiger partial charge in [0.15, 0.2) is 0 Å². The van der Waals surface area contributed by atoms with E-state index in [4.69, 9.17) is 11.6 Å². The molecular formula is C13H10ClNS. The summed E-state index contributed by atoms with van der Waals surface area (Å²) in [6.45, 7) is 0.894.